The first-order valence-electron chi connectivity index (χ1n) is 11.7. The van der Waals surface area contributed by atoms with Gasteiger partial charge in [-0.25, -0.2) is 18.0 Å². The maximum Gasteiger partial charge on any atom is 0.338 e. The minimum absolute atomic E-state index is 0.0000153. The SMILES string of the molecule is O=C(O)c1ccc(-c2c(C3CCOCC3)n(-c3ccc(F)c(F)c3)c3cc4c(cc23)CN=C4)cc1F. The molecule has 3 aromatic carbocycles. The Kier molecular flexibility index (Phi) is 5.41. The smallest absolute Gasteiger partial charge is 0.338 e. The first-order chi connectivity index (χ1) is 17.4. The number of hydrogen-bond acceptors (Lipinski definition) is 3. The molecule has 2 aliphatic heterocycles. The van der Waals surface area contributed by atoms with Crippen molar-refractivity contribution >= 4 is 23.1 Å². The lowest BCUT2D eigenvalue weighted by Crippen LogP contribution is -2.17. The second-order valence-corrected chi connectivity index (χ2v) is 9.12. The Labute approximate surface area is 204 Å². The number of halogens is 3. The molecule has 1 aromatic heterocycles. The second kappa shape index (κ2) is 8.64. The van der Waals surface area contributed by atoms with Crippen molar-refractivity contribution in [2.75, 3.05) is 13.2 Å². The molecule has 0 bridgehead atoms. The molecule has 36 heavy (non-hydrogen) atoms. The highest BCUT2D eigenvalue weighted by atomic mass is 19.2. The van der Waals surface area contributed by atoms with Gasteiger partial charge in [0.25, 0.3) is 0 Å². The quantitative estimate of drug-likeness (QED) is 0.368. The van der Waals surface area contributed by atoms with E-state index in [0.717, 1.165) is 45.4 Å². The zero-order chi connectivity index (χ0) is 25.0. The third-order valence-corrected chi connectivity index (χ3v) is 7.01. The van der Waals surface area contributed by atoms with Gasteiger partial charge in [0.05, 0.1) is 17.6 Å². The fourth-order valence-corrected chi connectivity index (χ4v) is 5.32. The third kappa shape index (κ3) is 3.60. The number of hydrogen-bond donors (Lipinski definition) is 1. The van der Waals surface area contributed by atoms with Crippen LogP contribution in [0.3, 0.4) is 0 Å². The van der Waals surface area contributed by atoms with Crippen molar-refractivity contribution in [3.63, 3.8) is 0 Å². The van der Waals surface area contributed by atoms with Crippen LogP contribution in [-0.4, -0.2) is 35.1 Å². The Morgan fingerprint density at radius 2 is 1.78 bits per heavy atom. The molecule has 0 amide bonds. The highest BCUT2D eigenvalue weighted by Gasteiger charge is 2.29. The van der Waals surface area contributed by atoms with E-state index in [1.165, 1.54) is 18.2 Å². The van der Waals surface area contributed by atoms with Crippen molar-refractivity contribution < 1.29 is 27.8 Å². The molecule has 0 radical (unpaired) electrons. The molecule has 8 heteroatoms. The number of nitrogens with zero attached hydrogens (tertiary/aromatic N) is 2. The summed E-state index contributed by atoms with van der Waals surface area (Å²) in [5.41, 5.74) is 4.83. The molecule has 6 rings (SSSR count). The number of fused-ring (bicyclic) bond motifs is 2. The molecule has 0 atom stereocenters. The van der Waals surface area contributed by atoms with E-state index in [-0.39, 0.29) is 5.92 Å². The number of rotatable bonds is 4. The van der Waals surface area contributed by atoms with Crippen molar-refractivity contribution in [2.45, 2.75) is 25.3 Å². The molecule has 1 N–H and O–H groups in total. The Hall–Kier alpha value is -3.91. The number of carbonyl (C=O) groups is 1. The van der Waals surface area contributed by atoms with Crippen LogP contribution >= 0.6 is 0 Å². The molecule has 0 spiro atoms. The summed E-state index contributed by atoms with van der Waals surface area (Å²) in [6.45, 7) is 1.59. The van der Waals surface area contributed by atoms with E-state index in [4.69, 9.17) is 4.74 Å². The number of carboxylic acid groups (broad SMARTS) is 1. The maximum absolute atomic E-state index is 14.9. The number of aromatic nitrogens is 1. The minimum atomic E-state index is -1.34. The molecular weight excluding hydrogens is 469 g/mol. The van der Waals surface area contributed by atoms with Crippen LogP contribution in [-0.2, 0) is 11.3 Å². The number of benzene rings is 3. The molecule has 1 fully saturated rings. The largest absolute Gasteiger partial charge is 0.478 e. The number of aliphatic imine (C=N–C) groups is 1. The van der Waals surface area contributed by atoms with Crippen LogP contribution in [0.1, 0.15) is 45.9 Å². The molecule has 3 heterocycles. The standard InChI is InChI=1S/C28H21F3N2O3/c29-22-4-2-19(12-24(22)31)33-25-11-18-14-32-13-17(18)9-21(25)26(27(33)15-5-7-36-8-6-15)16-1-3-20(28(34)35)23(30)10-16/h1-4,9-12,14-15H,5-8,13H2,(H,34,35). The first-order valence-corrected chi connectivity index (χ1v) is 11.7. The zero-order valence-electron chi connectivity index (χ0n) is 19.1. The van der Waals surface area contributed by atoms with Crippen molar-refractivity contribution in [1.82, 2.24) is 4.57 Å². The average molecular weight is 490 g/mol. The van der Waals surface area contributed by atoms with E-state index in [0.29, 0.717) is 43.9 Å². The summed E-state index contributed by atoms with van der Waals surface area (Å²) in [6, 6.07) is 11.9. The van der Waals surface area contributed by atoms with Crippen LogP contribution in [0.5, 0.6) is 0 Å². The van der Waals surface area contributed by atoms with Crippen LogP contribution < -0.4 is 0 Å². The Balaban J connectivity index is 1.72. The molecule has 2 aliphatic rings. The summed E-state index contributed by atoms with van der Waals surface area (Å²) < 4.78 is 50.7. The molecular formula is C28H21F3N2O3. The van der Waals surface area contributed by atoms with Crippen LogP contribution in [0.15, 0.2) is 53.5 Å². The predicted molar refractivity (Wildman–Crippen MR) is 130 cm³/mol. The summed E-state index contributed by atoms with van der Waals surface area (Å²) in [5, 5.41) is 10.1. The van der Waals surface area contributed by atoms with Crippen molar-refractivity contribution in [1.29, 1.82) is 0 Å². The van der Waals surface area contributed by atoms with E-state index in [2.05, 4.69) is 4.99 Å². The topological polar surface area (TPSA) is 63.8 Å². The van der Waals surface area contributed by atoms with Gasteiger partial charge in [-0.15, -0.1) is 0 Å². The van der Waals surface area contributed by atoms with Crippen LogP contribution in [0.2, 0.25) is 0 Å². The Bertz CT molecular complexity index is 1570. The van der Waals surface area contributed by atoms with Gasteiger partial charge in [-0.3, -0.25) is 4.99 Å². The van der Waals surface area contributed by atoms with Gasteiger partial charge in [-0.05, 0) is 65.9 Å². The molecule has 5 nitrogen and oxygen atoms in total. The van der Waals surface area contributed by atoms with Gasteiger partial charge >= 0.3 is 5.97 Å². The van der Waals surface area contributed by atoms with E-state index in [1.54, 1.807) is 12.3 Å². The van der Waals surface area contributed by atoms with Crippen molar-refractivity contribution in [3.05, 3.63) is 88.4 Å². The molecule has 1 saturated heterocycles. The summed E-state index contributed by atoms with van der Waals surface area (Å²) in [7, 11) is 0. The number of aromatic carboxylic acids is 1. The van der Waals surface area contributed by atoms with E-state index in [1.807, 2.05) is 16.7 Å². The fraction of sp³-hybridized carbons (Fsp3) is 0.214. The lowest BCUT2D eigenvalue weighted by molar-refractivity contribution is 0.0692. The van der Waals surface area contributed by atoms with Gasteiger partial charge in [0.1, 0.15) is 5.82 Å². The molecule has 182 valence electrons. The maximum atomic E-state index is 14.9. The monoisotopic (exact) mass is 490 g/mol. The number of carboxylic acids is 1. The average Bonchev–Trinajstić information content (AvgIpc) is 3.46. The zero-order valence-corrected chi connectivity index (χ0v) is 19.1. The molecule has 4 aromatic rings. The van der Waals surface area contributed by atoms with E-state index < -0.39 is 29.0 Å². The van der Waals surface area contributed by atoms with Gasteiger partial charge in [0.2, 0.25) is 0 Å². The number of ether oxygens (including phenoxy) is 1. The molecule has 0 aliphatic carbocycles. The van der Waals surface area contributed by atoms with Crippen LogP contribution in [0, 0.1) is 17.5 Å². The summed E-state index contributed by atoms with van der Waals surface area (Å²) in [6.07, 6.45) is 3.18. The third-order valence-electron chi connectivity index (χ3n) is 7.01. The minimum Gasteiger partial charge on any atom is -0.478 e. The normalized spacial score (nSPS) is 15.5. The summed E-state index contributed by atoms with van der Waals surface area (Å²) in [4.78, 5) is 15.8. The summed E-state index contributed by atoms with van der Waals surface area (Å²) >= 11 is 0. The molecule has 0 saturated carbocycles. The van der Waals surface area contributed by atoms with Gasteiger partial charge < -0.3 is 14.4 Å². The van der Waals surface area contributed by atoms with Gasteiger partial charge in [0.15, 0.2) is 11.6 Å². The van der Waals surface area contributed by atoms with Gasteiger partial charge in [-0.2, -0.15) is 0 Å². The van der Waals surface area contributed by atoms with Crippen molar-refractivity contribution in [3.8, 4) is 16.8 Å². The summed E-state index contributed by atoms with van der Waals surface area (Å²) in [5.74, 6) is -4.09. The van der Waals surface area contributed by atoms with Crippen molar-refractivity contribution in [2.24, 2.45) is 4.99 Å². The van der Waals surface area contributed by atoms with Crippen LogP contribution in [0.25, 0.3) is 27.7 Å². The second-order valence-electron chi connectivity index (χ2n) is 9.12. The molecule has 0 unspecified atom stereocenters. The predicted octanol–water partition coefficient (Wildman–Crippen LogP) is 6.24. The highest BCUT2D eigenvalue weighted by molar-refractivity contribution is 6.03. The van der Waals surface area contributed by atoms with Crippen LogP contribution in [0.4, 0.5) is 13.2 Å². The van der Waals surface area contributed by atoms with Gasteiger partial charge in [0, 0.05) is 53.7 Å². The van der Waals surface area contributed by atoms with E-state index in [9.17, 15) is 23.1 Å². The Morgan fingerprint density at radius 1 is 0.972 bits per heavy atom. The van der Waals surface area contributed by atoms with E-state index >= 15 is 0 Å². The highest BCUT2D eigenvalue weighted by Crippen LogP contribution is 2.45. The van der Waals surface area contributed by atoms with Gasteiger partial charge in [-0.1, -0.05) is 6.07 Å². The Morgan fingerprint density at radius 3 is 2.50 bits per heavy atom. The lowest BCUT2D eigenvalue weighted by Gasteiger charge is -2.26. The lowest BCUT2D eigenvalue weighted by atomic mass is 9.89. The fourth-order valence-electron chi connectivity index (χ4n) is 5.32. The first kappa shape index (κ1) is 22.5.